The molecule has 154 valence electrons. The van der Waals surface area contributed by atoms with Crippen molar-refractivity contribution in [3.05, 3.63) is 64.9 Å². The molecule has 8 heteroatoms. The van der Waals surface area contributed by atoms with Gasteiger partial charge in [-0.25, -0.2) is 15.0 Å². The van der Waals surface area contributed by atoms with Crippen molar-refractivity contribution < 1.29 is 0 Å². The van der Waals surface area contributed by atoms with Gasteiger partial charge in [-0.2, -0.15) is 0 Å². The van der Waals surface area contributed by atoms with E-state index in [1.54, 1.807) is 0 Å². The molecular weight excluding hydrogens is 485 g/mol. The van der Waals surface area contributed by atoms with Crippen molar-refractivity contribution >= 4 is 63.3 Å². The lowest BCUT2D eigenvalue weighted by Crippen LogP contribution is -2.12. The van der Waals surface area contributed by atoms with Crippen LogP contribution < -0.4 is 10.6 Å². The number of hydrogen-bond donors (Lipinski definition) is 1. The summed E-state index contributed by atoms with van der Waals surface area (Å²) in [5.41, 5.74) is 13.5. The van der Waals surface area contributed by atoms with Crippen LogP contribution in [-0.4, -0.2) is 28.5 Å². The highest BCUT2D eigenvalue weighted by Crippen LogP contribution is 2.36. The number of nitrogens with zero attached hydrogens (tertiary/aromatic N) is 4. The third-order valence-corrected chi connectivity index (χ3v) is 5.77. The van der Waals surface area contributed by atoms with E-state index in [9.17, 15) is 0 Å². The van der Waals surface area contributed by atoms with Crippen molar-refractivity contribution in [2.24, 2.45) is 0 Å². The summed E-state index contributed by atoms with van der Waals surface area (Å²) in [4.78, 5) is 15.7. The Morgan fingerprint density at radius 3 is 2.63 bits per heavy atom. The summed E-state index contributed by atoms with van der Waals surface area (Å²) >= 11 is 3.56. The molecule has 0 aliphatic carbocycles. The number of fused-ring (bicyclic) bond motifs is 2. The molecule has 0 amide bonds. The Kier molecular flexibility index (Phi) is 6.50. The SMILES string of the molecule is CN1CCc2cc(-c3cc(-c4cccc(Br)c4)c4c(N)ncnc4n3)ccc21.Cl.Cl. The van der Waals surface area contributed by atoms with E-state index in [-0.39, 0.29) is 24.8 Å². The Balaban J connectivity index is 0.00000128. The first-order valence-electron chi connectivity index (χ1n) is 9.12. The second kappa shape index (κ2) is 8.76. The fraction of sp³-hybridized carbons (Fsp3) is 0.136. The molecule has 2 aromatic carbocycles. The van der Waals surface area contributed by atoms with E-state index in [2.05, 4.69) is 74.2 Å². The molecule has 4 aromatic rings. The molecule has 2 N–H and O–H groups in total. The highest BCUT2D eigenvalue weighted by atomic mass is 79.9. The zero-order valence-corrected chi connectivity index (χ0v) is 19.4. The van der Waals surface area contributed by atoms with Crippen molar-refractivity contribution in [1.29, 1.82) is 0 Å². The van der Waals surface area contributed by atoms with Crippen molar-refractivity contribution in [2.45, 2.75) is 6.42 Å². The number of halogens is 3. The van der Waals surface area contributed by atoms with Gasteiger partial charge in [0.05, 0.1) is 11.1 Å². The van der Waals surface area contributed by atoms with Crippen LogP contribution in [0.5, 0.6) is 0 Å². The van der Waals surface area contributed by atoms with Gasteiger partial charge in [0.2, 0.25) is 0 Å². The standard InChI is InChI=1S/C22H18BrN5.2ClH/c1-28-8-7-15-9-14(5-6-19(15)28)18-11-17(13-3-2-4-16(23)10-13)20-21(24)25-12-26-22(20)27-18;;/h2-6,9-12H,7-8H2,1H3,(H2,24,25,26,27);2*1H. The molecule has 0 bridgehead atoms. The monoisotopic (exact) mass is 503 g/mol. The van der Waals surface area contributed by atoms with Crippen LogP contribution in [0.15, 0.2) is 59.3 Å². The Labute approximate surface area is 195 Å². The van der Waals surface area contributed by atoms with Crippen molar-refractivity contribution in [3.8, 4) is 22.4 Å². The van der Waals surface area contributed by atoms with E-state index in [1.807, 2.05) is 12.1 Å². The zero-order valence-electron chi connectivity index (χ0n) is 16.2. The van der Waals surface area contributed by atoms with Crippen molar-refractivity contribution in [1.82, 2.24) is 15.0 Å². The van der Waals surface area contributed by atoms with Gasteiger partial charge in [0.15, 0.2) is 5.65 Å². The number of pyridine rings is 1. The number of likely N-dealkylation sites (N-methyl/N-ethyl adjacent to an activating group) is 1. The summed E-state index contributed by atoms with van der Waals surface area (Å²) in [6.07, 6.45) is 2.53. The fourth-order valence-electron chi connectivity index (χ4n) is 3.85. The number of hydrogen-bond acceptors (Lipinski definition) is 5. The molecule has 2 aromatic heterocycles. The van der Waals surface area contributed by atoms with E-state index < -0.39 is 0 Å². The van der Waals surface area contributed by atoms with Gasteiger partial charge >= 0.3 is 0 Å². The molecule has 0 radical (unpaired) electrons. The van der Waals surface area contributed by atoms with Crippen LogP contribution in [-0.2, 0) is 6.42 Å². The molecule has 1 aliphatic heterocycles. The third kappa shape index (κ3) is 3.83. The van der Waals surface area contributed by atoms with Gasteiger partial charge in [0.1, 0.15) is 12.1 Å². The van der Waals surface area contributed by atoms with E-state index >= 15 is 0 Å². The van der Waals surface area contributed by atoms with E-state index in [0.29, 0.717) is 11.5 Å². The molecule has 0 saturated heterocycles. The molecule has 0 fully saturated rings. The largest absolute Gasteiger partial charge is 0.383 e. The lowest BCUT2D eigenvalue weighted by atomic mass is 9.99. The van der Waals surface area contributed by atoms with Gasteiger partial charge in [-0.3, -0.25) is 0 Å². The molecular formula is C22H20BrCl2N5. The summed E-state index contributed by atoms with van der Waals surface area (Å²) in [5, 5.41) is 0.783. The maximum absolute atomic E-state index is 6.20. The molecule has 1 aliphatic rings. The smallest absolute Gasteiger partial charge is 0.165 e. The van der Waals surface area contributed by atoms with Crippen LogP contribution in [0.4, 0.5) is 11.5 Å². The first-order chi connectivity index (χ1) is 13.6. The number of aromatic nitrogens is 3. The van der Waals surface area contributed by atoms with E-state index in [0.717, 1.165) is 45.2 Å². The summed E-state index contributed by atoms with van der Waals surface area (Å²) in [6.45, 7) is 1.05. The topological polar surface area (TPSA) is 67.9 Å². The first kappa shape index (κ1) is 22.3. The van der Waals surface area contributed by atoms with Gasteiger partial charge in [-0.05, 0) is 53.4 Å². The quantitative estimate of drug-likeness (QED) is 0.388. The Morgan fingerprint density at radius 2 is 1.83 bits per heavy atom. The fourth-order valence-corrected chi connectivity index (χ4v) is 4.24. The summed E-state index contributed by atoms with van der Waals surface area (Å²) < 4.78 is 1.01. The number of rotatable bonds is 2. The summed E-state index contributed by atoms with van der Waals surface area (Å²) in [6, 6.07) is 16.8. The molecule has 0 spiro atoms. The molecule has 5 nitrogen and oxygen atoms in total. The van der Waals surface area contributed by atoms with Gasteiger partial charge in [-0.15, -0.1) is 24.8 Å². The molecule has 30 heavy (non-hydrogen) atoms. The average Bonchev–Trinajstić information content (AvgIpc) is 3.07. The number of nitrogens with two attached hydrogens (primary N) is 1. The van der Waals surface area contributed by atoms with Gasteiger partial charge in [0, 0.05) is 29.3 Å². The van der Waals surface area contributed by atoms with E-state index in [4.69, 9.17) is 10.7 Å². The molecule has 5 rings (SSSR count). The second-order valence-electron chi connectivity index (χ2n) is 7.04. The van der Waals surface area contributed by atoms with Crippen LogP contribution in [0, 0.1) is 0 Å². The Hall–Kier alpha value is -2.41. The maximum atomic E-state index is 6.20. The second-order valence-corrected chi connectivity index (χ2v) is 7.95. The van der Waals surface area contributed by atoms with Crippen LogP contribution in [0.2, 0.25) is 0 Å². The Bertz CT molecular complexity index is 1230. The molecule has 0 unspecified atom stereocenters. The average molecular weight is 505 g/mol. The zero-order chi connectivity index (χ0) is 19.3. The van der Waals surface area contributed by atoms with E-state index in [1.165, 1.54) is 17.6 Å². The number of anilines is 2. The molecule has 0 atom stereocenters. The van der Waals surface area contributed by atoms with Crippen LogP contribution in [0.1, 0.15) is 5.56 Å². The summed E-state index contributed by atoms with van der Waals surface area (Å²) in [5.74, 6) is 0.439. The number of benzene rings is 2. The highest BCUT2D eigenvalue weighted by molar-refractivity contribution is 9.10. The minimum atomic E-state index is 0. The van der Waals surface area contributed by atoms with Crippen LogP contribution in [0.25, 0.3) is 33.4 Å². The maximum Gasteiger partial charge on any atom is 0.165 e. The van der Waals surface area contributed by atoms with Gasteiger partial charge in [0.25, 0.3) is 0 Å². The minimum absolute atomic E-state index is 0. The van der Waals surface area contributed by atoms with Gasteiger partial charge in [-0.1, -0.05) is 34.1 Å². The molecule has 0 saturated carbocycles. The van der Waals surface area contributed by atoms with Crippen molar-refractivity contribution in [2.75, 3.05) is 24.2 Å². The lowest BCUT2D eigenvalue weighted by Gasteiger charge is -2.14. The lowest BCUT2D eigenvalue weighted by molar-refractivity contribution is 0.956. The summed E-state index contributed by atoms with van der Waals surface area (Å²) in [7, 11) is 2.13. The predicted octanol–water partition coefficient (Wildman–Crippen LogP) is 5.54. The third-order valence-electron chi connectivity index (χ3n) is 5.27. The van der Waals surface area contributed by atoms with Gasteiger partial charge < -0.3 is 10.6 Å². The normalized spacial score (nSPS) is 12.3. The van der Waals surface area contributed by atoms with Crippen LogP contribution >= 0.6 is 40.7 Å². The highest BCUT2D eigenvalue weighted by Gasteiger charge is 2.18. The number of nitrogen functional groups attached to an aromatic ring is 1. The Morgan fingerprint density at radius 1 is 1.00 bits per heavy atom. The molecule has 3 heterocycles. The predicted molar refractivity (Wildman–Crippen MR) is 132 cm³/mol. The minimum Gasteiger partial charge on any atom is -0.383 e. The van der Waals surface area contributed by atoms with Crippen molar-refractivity contribution in [3.63, 3.8) is 0 Å². The first-order valence-corrected chi connectivity index (χ1v) is 9.91. The van der Waals surface area contributed by atoms with Crippen LogP contribution in [0.3, 0.4) is 0 Å².